The fraction of sp³-hybridized carbons (Fsp3) is 0.500. The van der Waals surface area contributed by atoms with Crippen molar-refractivity contribution < 1.29 is 23.1 Å². The number of nitrogens with zero attached hydrogens (tertiary/aromatic N) is 2. The summed E-state index contributed by atoms with van der Waals surface area (Å²) >= 11 is 0. The van der Waals surface area contributed by atoms with E-state index in [4.69, 9.17) is 5.26 Å². The van der Waals surface area contributed by atoms with Crippen LogP contribution in [0.25, 0.3) is 0 Å². The quantitative estimate of drug-likeness (QED) is 0.754. The lowest BCUT2D eigenvalue weighted by Gasteiger charge is -2.33. The zero-order valence-corrected chi connectivity index (χ0v) is 13.7. The summed E-state index contributed by atoms with van der Waals surface area (Å²) in [6.07, 6.45) is -4.71. The highest BCUT2D eigenvalue weighted by molar-refractivity contribution is 5.97. The van der Waals surface area contributed by atoms with Crippen molar-refractivity contribution >= 4 is 11.6 Å². The van der Waals surface area contributed by atoms with Crippen LogP contribution in [0.4, 0.5) is 18.9 Å². The van der Waals surface area contributed by atoms with Crippen molar-refractivity contribution in [2.45, 2.75) is 18.7 Å². The molecular formula is C16H19F3N4O2. The molecule has 25 heavy (non-hydrogen) atoms. The van der Waals surface area contributed by atoms with Gasteiger partial charge in [-0.25, -0.2) is 0 Å². The van der Waals surface area contributed by atoms with Crippen LogP contribution in [-0.4, -0.2) is 54.2 Å². The van der Waals surface area contributed by atoms with E-state index in [9.17, 15) is 23.1 Å². The monoisotopic (exact) mass is 356 g/mol. The fourth-order valence-corrected chi connectivity index (χ4v) is 2.60. The number of nitrogens with one attached hydrogen (secondary N) is 2. The number of benzene rings is 1. The fourth-order valence-electron chi connectivity index (χ4n) is 2.60. The normalized spacial score (nSPS) is 18.2. The van der Waals surface area contributed by atoms with Crippen molar-refractivity contribution in [3.05, 3.63) is 29.3 Å². The Morgan fingerprint density at radius 2 is 2.04 bits per heavy atom. The number of rotatable bonds is 4. The lowest BCUT2D eigenvalue weighted by Crippen LogP contribution is -2.54. The molecule has 1 atom stereocenters. The third kappa shape index (κ3) is 4.92. The zero-order chi connectivity index (χ0) is 18.7. The van der Waals surface area contributed by atoms with Crippen molar-refractivity contribution in [1.82, 2.24) is 10.2 Å². The van der Waals surface area contributed by atoms with Crippen LogP contribution >= 0.6 is 0 Å². The van der Waals surface area contributed by atoms with E-state index in [2.05, 4.69) is 10.6 Å². The van der Waals surface area contributed by atoms with Gasteiger partial charge in [-0.15, -0.1) is 0 Å². The molecule has 0 aromatic heterocycles. The molecule has 0 bridgehead atoms. The largest absolute Gasteiger partial charge is 0.417 e. The van der Waals surface area contributed by atoms with Crippen LogP contribution in [0.3, 0.4) is 0 Å². The lowest BCUT2D eigenvalue weighted by molar-refractivity contribution is -0.138. The number of halogens is 3. The predicted molar refractivity (Wildman–Crippen MR) is 84.7 cm³/mol. The Morgan fingerprint density at radius 3 is 2.60 bits per heavy atom. The second kappa shape index (κ2) is 7.39. The highest BCUT2D eigenvalue weighted by Gasteiger charge is 2.36. The maximum atomic E-state index is 13.0. The van der Waals surface area contributed by atoms with E-state index >= 15 is 0 Å². The maximum absolute atomic E-state index is 13.0. The number of aliphatic hydroxyl groups is 1. The third-order valence-electron chi connectivity index (χ3n) is 3.93. The smallest absolute Gasteiger partial charge is 0.379 e. The molecule has 2 rings (SSSR count). The molecule has 136 valence electrons. The van der Waals surface area contributed by atoms with Crippen LogP contribution in [0.15, 0.2) is 18.2 Å². The first-order valence-electron chi connectivity index (χ1n) is 7.72. The van der Waals surface area contributed by atoms with Crippen LogP contribution < -0.4 is 10.6 Å². The molecule has 3 N–H and O–H groups in total. The summed E-state index contributed by atoms with van der Waals surface area (Å²) in [5.74, 6) is -0.802. The van der Waals surface area contributed by atoms with Gasteiger partial charge in [0.15, 0.2) is 5.60 Å². The van der Waals surface area contributed by atoms with E-state index in [1.165, 1.54) is 19.1 Å². The lowest BCUT2D eigenvalue weighted by atomic mass is 10.0. The molecule has 1 saturated heterocycles. The topological polar surface area (TPSA) is 88.4 Å². The first-order valence-corrected chi connectivity index (χ1v) is 7.72. The Hall–Kier alpha value is -2.15. The van der Waals surface area contributed by atoms with Crippen molar-refractivity contribution in [2.24, 2.45) is 0 Å². The SMILES string of the molecule is C[C@](O)(CN1CCNCC1)C(=O)Nc1ccc(C#N)c(C(F)(F)F)c1. The van der Waals surface area contributed by atoms with Gasteiger partial charge in [-0.1, -0.05) is 0 Å². The molecular weight excluding hydrogens is 337 g/mol. The molecule has 1 amide bonds. The number of carbonyl (C=O) groups excluding carboxylic acids is 1. The van der Waals surface area contributed by atoms with Crippen molar-refractivity contribution in [3.63, 3.8) is 0 Å². The number of hydrogen-bond donors (Lipinski definition) is 3. The minimum atomic E-state index is -4.71. The van der Waals surface area contributed by atoms with Gasteiger partial charge in [0.1, 0.15) is 0 Å². The molecule has 6 nitrogen and oxygen atoms in total. The molecule has 0 unspecified atom stereocenters. The van der Waals surface area contributed by atoms with Gasteiger partial charge in [-0.3, -0.25) is 9.69 Å². The van der Waals surface area contributed by atoms with Crippen LogP contribution in [-0.2, 0) is 11.0 Å². The Balaban J connectivity index is 2.12. The highest BCUT2D eigenvalue weighted by Crippen LogP contribution is 2.33. The number of nitriles is 1. The number of alkyl halides is 3. The molecule has 9 heteroatoms. The first-order chi connectivity index (χ1) is 11.6. The average molecular weight is 356 g/mol. The van der Waals surface area contributed by atoms with Crippen LogP contribution in [0.5, 0.6) is 0 Å². The molecule has 1 aliphatic heterocycles. The summed E-state index contributed by atoms with van der Waals surface area (Å²) in [7, 11) is 0. The molecule has 0 radical (unpaired) electrons. The van der Waals surface area contributed by atoms with E-state index in [-0.39, 0.29) is 12.2 Å². The summed E-state index contributed by atoms with van der Waals surface area (Å²) in [4.78, 5) is 14.2. The third-order valence-corrected chi connectivity index (χ3v) is 3.93. The van der Waals surface area contributed by atoms with Gasteiger partial charge >= 0.3 is 6.18 Å². The number of piperazine rings is 1. The minimum Gasteiger partial charge on any atom is -0.379 e. The van der Waals surface area contributed by atoms with Gasteiger partial charge in [-0.05, 0) is 25.1 Å². The summed E-state index contributed by atoms with van der Waals surface area (Å²) in [5.41, 5.74) is -3.55. The second-order valence-corrected chi connectivity index (χ2v) is 6.12. The van der Waals surface area contributed by atoms with Gasteiger partial charge < -0.3 is 15.7 Å². The first kappa shape index (κ1) is 19.2. The van der Waals surface area contributed by atoms with Crippen LogP contribution in [0.2, 0.25) is 0 Å². The van der Waals surface area contributed by atoms with Gasteiger partial charge in [-0.2, -0.15) is 18.4 Å². The van der Waals surface area contributed by atoms with E-state index in [0.29, 0.717) is 19.2 Å². The molecule has 1 fully saturated rings. The summed E-state index contributed by atoms with van der Waals surface area (Å²) < 4.78 is 38.9. The molecule has 1 aliphatic rings. The molecule has 0 spiro atoms. The summed E-state index contributed by atoms with van der Waals surface area (Å²) in [5, 5.41) is 24.6. The van der Waals surface area contributed by atoms with Crippen molar-refractivity contribution in [1.29, 1.82) is 5.26 Å². The van der Waals surface area contributed by atoms with Crippen molar-refractivity contribution in [2.75, 3.05) is 38.0 Å². The molecule has 1 aromatic rings. The molecule has 1 heterocycles. The van der Waals surface area contributed by atoms with Gasteiger partial charge in [0.2, 0.25) is 0 Å². The minimum absolute atomic E-state index is 0.0723. The van der Waals surface area contributed by atoms with Gasteiger partial charge in [0.05, 0.1) is 17.2 Å². The second-order valence-electron chi connectivity index (χ2n) is 6.12. The number of amides is 1. The predicted octanol–water partition coefficient (Wildman–Crippen LogP) is 1.17. The Kier molecular flexibility index (Phi) is 5.67. The maximum Gasteiger partial charge on any atom is 0.417 e. The van der Waals surface area contributed by atoms with E-state index in [1.54, 1.807) is 0 Å². The van der Waals surface area contributed by atoms with Gasteiger partial charge in [0.25, 0.3) is 5.91 Å². The molecule has 0 saturated carbocycles. The Morgan fingerprint density at radius 1 is 1.40 bits per heavy atom. The highest BCUT2D eigenvalue weighted by atomic mass is 19.4. The molecule has 0 aliphatic carbocycles. The van der Waals surface area contributed by atoms with Crippen molar-refractivity contribution in [3.8, 4) is 6.07 Å². The average Bonchev–Trinajstić information content (AvgIpc) is 2.54. The standard InChI is InChI=1S/C16H19F3N4O2/c1-15(25,10-23-6-4-21-5-7-23)14(24)22-12-3-2-11(9-20)13(8-12)16(17,18)19/h2-3,8,21,25H,4-7,10H2,1H3,(H,22,24)/t15-/m0/s1. The Labute approximate surface area is 143 Å². The van der Waals surface area contributed by atoms with Crippen LogP contribution in [0.1, 0.15) is 18.1 Å². The van der Waals surface area contributed by atoms with Gasteiger partial charge in [0, 0.05) is 38.4 Å². The number of β-amino-alcohol motifs (C(OH)–C–C–N with tert-alkyl or cyclic N) is 1. The summed E-state index contributed by atoms with van der Waals surface area (Å²) in [6, 6.07) is 4.35. The van der Waals surface area contributed by atoms with Crippen LogP contribution in [0, 0.1) is 11.3 Å². The van der Waals surface area contributed by atoms with E-state index in [1.807, 2.05) is 4.90 Å². The molecule has 1 aromatic carbocycles. The number of carbonyl (C=O) groups is 1. The number of hydrogen-bond acceptors (Lipinski definition) is 5. The number of anilines is 1. The van der Waals surface area contributed by atoms with E-state index in [0.717, 1.165) is 19.2 Å². The zero-order valence-electron chi connectivity index (χ0n) is 13.7. The summed E-state index contributed by atoms with van der Waals surface area (Å²) in [6.45, 7) is 4.20. The Bertz CT molecular complexity index is 677. The van der Waals surface area contributed by atoms with E-state index < -0.39 is 28.8 Å².